The van der Waals surface area contributed by atoms with Crippen LogP contribution in [0.3, 0.4) is 0 Å². The van der Waals surface area contributed by atoms with E-state index in [0.717, 1.165) is 0 Å². The molecule has 0 radical (unpaired) electrons. The zero-order valence-electron chi connectivity index (χ0n) is 14.1. The van der Waals surface area contributed by atoms with Crippen molar-refractivity contribution in [2.24, 2.45) is 5.73 Å². The fourth-order valence-electron chi connectivity index (χ4n) is 2.79. The van der Waals surface area contributed by atoms with Crippen LogP contribution >= 0.6 is 11.8 Å². The number of thioether (sulfide) groups is 1. The second-order valence-corrected chi connectivity index (χ2v) is 7.14. The third-order valence-corrected chi connectivity index (χ3v) is 5.39. The number of nitrogens with two attached hydrogens (primary N) is 1. The van der Waals surface area contributed by atoms with Crippen molar-refractivity contribution in [2.75, 3.05) is 12.3 Å². The average Bonchev–Trinajstić information content (AvgIpc) is 2.51. The molecule has 0 spiro atoms. The van der Waals surface area contributed by atoms with Crippen LogP contribution in [-0.4, -0.2) is 68.7 Å². The Kier molecular flexibility index (Phi) is 6.48. The zero-order chi connectivity index (χ0) is 19.4. The predicted octanol–water partition coefficient (Wildman–Crippen LogP) is -0.699. The van der Waals surface area contributed by atoms with Crippen molar-refractivity contribution in [3.8, 4) is 0 Å². The molecule has 1 saturated heterocycles. The minimum absolute atomic E-state index is 0.0538. The van der Waals surface area contributed by atoms with Gasteiger partial charge in [0.15, 0.2) is 5.70 Å². The Morgan fingerprint density at radius 2 is 2.08 bits per heavy atom. The van der Waals surface area contributed by atoms with Crippen molar-refractivity contribution < 1.29 is 34.1 Å². The smallest absolute Gasteiger partial charge is 0.355 e. The maximum absolute atomic E-state index is 12.0. The molecule has 2 heterocycles. The molecule has 11 heteroatoms. The van der Waals surface area contributed by atoms with E-state index in [9.17, 15) is 24.3 Å². The molecule has 0 bridgehead atoms. The molecule has 2 rings (SSSR count). The molecule has 144 valence electrons. The molecule has 26 heavy (non-hydrogen) atoms. The van der Waals surface area contributed by atoms with Gasteiger partial charge in [-0.1, -0.05) is 0 Å². The van der Waals surface area contributed by atoms with E-state index in [2.05, 4.69) is 5.32 Å². The Bertz CT molecular complexity index is 651. The van der Waals surface area contributed by atoms with E-state index in [1.165, 1.54) is 18.7 Å². The highest BCUT2D eigenvalue weighted by Crippen LogP contribution is 2.39. The summed E-state index contributed by atoms with van der Waals surface area (Å²) >= 11 is 1.38. The molecule has 0 aromatic heterocycles. The van der Waals surface area contributed by atoms with E-state index in [0.29, 0.717) is 13.0 Å². The number of carbonyl (C=O) groups is 4. The predicted molar refractivity (Wildman–Crippen MR) is 90.8 cm³/mol. The van der Waals surface area contributed by atoms with E-state index in [-0.39, 0.29) is 47.4 Å². The number of carboxylic acids is 2. The summed E-state index contributed by atoms with van der Waals surface area (Å²) in [6.45, 7) is 1.50. The van der Waals surface area contributed by atoms with Crippen LogP contribution in [0.25, 0.3) is 0 Å². The van der Waals surface area contributed by atoms with Gasteiger partial charge in [-0.2, -0.15) is 0 Å². The molecular weight excluding hydrogens is 366 g/mol. The average molecular weight is 387 g/mol. The largest absolute Gasteiger partial charge is 0.480 e. The quantitative estimate of drug-likeness (QED) is 0.392. The molecule has 1 amide bonds. The zero-order valence-corrected chi connectivity index (χ0v) is 15.0. The summed E-state index contributed by atoms with van der Waals surface area (Å²) in [6.07, 6.45) is 0.703. The molecule has 1 fully saturated rings. The first-order chi connectivity index (χ1) is 12.2. The number of fused-ring (bicyclic) bond motifs is 1. The summed E-state index contributed by atoms with van der Waals surface area (Å²) in [4.78, 5) is 46.8. The molecule has 5 N–H and O–H groups in total. The molecule has 3 atom stereocenters. The van der Waals surface area contributed by atoms with Gasteiger partial charge >= 0.3 is 17.9 Å². The van der Waals surface area contributed by atoms with E-state index in [1.807, 2.05) is 0 Å². The monoisotopic (exact) mass is 387 g/mol. The lowest BCUT2D eigenvalue weighted by Crippen LogP contribution is -2.66. The number of carboxylic acid groups (broad SMARTS) is 2. The number of nitrogens with zero attached hydrogens (tertiary/aromatic N) is 1. The highest BCUT2D eigenvalue weighted by atomic mass is 32.2. The number of rotatable bonds is 8. The SMILES string of the molecule is CC(=O)OC1=C(C(=O)O)N2C[C@@H](NC(=O)CCCC(N)C(=O)O)C2SC1. The number of carbonyl (C=O) groups excluding carboxylic acids is 2. The number of aliphatic carboxylic acids is 2. The van der Waals surface area contributed by atoms with Crippen LogP contribution in [0.4, 0.5) is 0 Å². The summed E-state index contributed by atoms with van der Waals surface area (Å²) in [5.74, 6) is -2.77. The lowest BCUT2D eigenvalue weighted by molar-refractivity contribution is -0.140. The van der Waals surface area contributed by atoms with Crippen LogP contribution < -0.4 is 11.1 Å². The van der Waals surface area contributed by atoms with Crippen LogP contribution in [0, 0.1) is 0 Å². The van der Waals surface area contributed by atoms with Crippen LogP contribution in [-0.2, 0) is 23.9 Å². The molecule has 0 aromatic carbocycles. The molecular formula is C15H21N3O7S. The summed E-state index contributed by atoms with van der Waals surface area (Å²) in [5.41, 5.74) is 5.33. The Hall–Kier alpha value is -2.27. The molecule has 2 aliphatic rings. The van der Waals surface area contributed by atoms with Crippen molar-refractivity contribution in [2.45, 2.75) is 43.6 Å². The van der Waals surface area contributed by atoms with E-state index < -0.39 is 23.9 Å². The van der Waals surface area contributed by atoms with Gasteiger partial charge in [0.05, 0.1) is 17.2 Å². The first-order valence-electron chi connectivity index (χ1n) is 8.01. The highest BCUT2D eigenvalue weighted by molar-refractivity contribution is 8.00. The standard InChI is InChI=1S/C15H21N3O7S/c1-7(19)25-10-6-26-13-9(5-18(13)12(10)15(23)24)17-11(20)4-2-3-8(16)14(21)22/h8-9,13H,2-6,16H2,1H3,(H,17,20)(H,21,22)(H,23,24)/t8?,9-,13?/m1/s1. The Morgan fingerprint density at radius 1 is 1.38 bits per heavy atom. The van der Waals surface area contributed by atoms with Gasteiger partial charge < -0.3 is 30.9 Å². The highest BCUT2D eigenvalue weighted by Gasteiger charge is 2.47. The minimum atomic E-state index is -1.18. The van der Waals surface area contributed by atoms with Crippen molar-refractivity contribution in [3.05, 3.63) is 11.5 Å². The van der Waals surface area contributed by atoms with Gasteiger partial charge in [-0.05, 0) is 12.8 Å². The van der Waals surface area contributed by atoms with Crippen molar-refractivity contribution in [1.29, 1.82) is 0 Å². The third-order valence-electron chi connectivity index (χ3n) is 4.03. The van der Waals surface area contributed by atoms with E-state index in [1.54, 1.807) is 4.90 Å². The molecule has 0 aliphatic carbocycles. The van der Waals surface area contributed by atoms with Gasteiger partial charge in [-0.25, -0.2) is 4.79 Å². The normalized spacial score (nSPS) is 22.8. The van der Waals surface area contributed by atoms with Gasteiger partial charge in [0.25, 0.3) is 0 Å². The fourth-order valence-corrected chi connectivity index (χ4v) is 4.07. The summed E-state index contributed by atoms with van der Waals surface area (Å²) in [7, 11) is 0. The number of hydrogen-bond donors (Lipinski definition) is 4. The Labute approximate surface area is 153 Å². The molecule has 2 unspecified atom stereocenters. The topological polar surface area (TPSA) is 159 Å². The van der Waals surface area contributed by atoms with Gasteiger partial charge in [-0.3, -0.25) is 14.4 Å². The minimum Gasteiger partial charge on any atom is -0.480 e. The lowest BCUT2D eigenvalue weighted by atomic mass is 10.1. The molecule has 0 aromatic rings. The van der Waals surface area contributed by atoms with Gasteiger partial charge in [0, 0.05) is 19.9 Å². The molecule has 0 saturated carbocycles. The summed E-state index contributed by atoms with van der Waals surface area (Å²) < 4.78 is 4.98. The first kappa shape index (κ1) is 20.0. The first-order valence-corrected chi connectivity index (χ1v) is 9.06. The van der Waals surface area contributed by atoms with Gasteiger partial charge in [-0.15, -0.1) is 11.8 Å². The van der Waals surface area contributed by atoms with Crippen LogP contribution in [0.15, 0.2) is 11.5 Å². The second-order valence-electron chi connectivity index (χ2n) is 6.04. The van der Waals surface area contributed by atoms with Crippen LogP contribution in [0.1, 0.15) is 26.2 Å². The number of ether oxygens (including phenoxy) is 1. The second kappa shape index (κ2) is 8.41. The van der Waals surface area contributed by atoms with Gasteiger partial charge in [0.1, 0.15) is 11.8 Å². The van der Waals surface area contributed by atoms with Crippen LogP contribution in [0.5, 0.6) is 0 Å². The summed E-state index contributed by atoms with van der Waals surface area (Å²) in [5, 5.41) is 20.7. The van der Waals surface area contributed by atoms with Crippen molar-refractivity contribution in [1.82, 2.24) is 10.2 Å². The van der Waals surface area contributed by atoms with Crippen molar-refractivity contribution >= 4 is 35.6 Å². The Balaban J connectivity index is 1.87. The fraction of sp³-hybridized carbons (Fsp3) is 0.600. The number of amides is 1. The van der Waals surface area contributed by atoms with E-state index in [4.69, 9.17) is 15.6 Å². The lowest BCUT2D eigenvalue weighted by Gasteiger charge is -2.51. The number of nitrogens with one attached hydrogen (secondary N) is 1. The maximum atomic E-state index is 12.0. The maximum Gasteiger partial charge on any atom is 0.355 e. The van der Waals surface area contributed by atoms with Gasteiger partial charge in [0.2, 0.25) is 5.91 Å². The molecule has 2 aliphatic heterocycles. The molecule has 10 nitrogen and oxygen atoms in total. The summed E-state index contributed by atoms with van der Waals surface area (Å²) in [6, 6.07) is -1.22. The van der Waals surface area contributed by atoms with Crippen molar-refractivity contribution in [3.63, 3.8) is 0 Å². The van der Waals surface area contributed by atoms with Crippen LogP contribution in [0.2, 0.25) is 0 Å². The Morgan fingerprint density at radius 3 is 2.65 bits per heavy atom. The third kappa shape index (κ3) is 4.67. The number of hydrogen-bond acceptors (Lipinski definition) is 8. The number of esters is 1. The van der Waals surface area contributed by atoms with E-state index >= 15 is 0 Å².